The first-order valence-electron chi connectivity index (χ1n) is 4.12. The minimum absolute atomic E-state index is 1.39. The maximum Gasteiger partial charge on any atom is 0.498 e. The molecule has 0 aliphatic rings. The monoisotopic (exact) mass is 389 g/mol. The highest BCUT2D eigenvalue weighted by atomic mass is 32.2. The number of nitrogens with zero attached hydrogens (tertiary/aromatic N) is 1. The average molecular weight is 389 g/mol. The fourth-order valence-electron chi connectivity index (χ4n) is 0.696. The molecule has 0 saturated heterocycles. The molecule has 0 aromatic rings. The van der Waals surface area contributed by atoms with Crippen molar-refractivity contribution in [3.63, 3.8) is 0 Å². The van der Waals surface area contributed by atoms with Gasteiger partial charge in [0.05, 0.1) is 0 Å². The number of halogens is 6. The van der Waals surface area contributed by atoms with E-state index in [2.05, 4.69) is 0 Å². The normalized spacial score (nSPS) is 15.4. The lowest BCUT2D eigenvalue weighted by molar-refractivity contribution is -0.0446. The molecule has 0 unspecified atom stereocenters. The summed E-state index contributed by atoms with van der Waals surface area (Å²) in [6.45, 7) is 0. The molecule has 0 aliphatic heterocycles. The molecule has 0 heterocycles. The summed E-state index contributed by atoms with van der Waals surface area (Å²) < 4.78 is 143. The highest BCUT2D eigenvalue weighted by Gasteiger charge is 2.52. The Bertz CT molecular complexity index is 640. The van der Waals surface area contributed by atoms with Crippen molar-refractivity contribution in [2.45, 2.75) is 11.0 Å². The Hall–Kier alpha value is -0.650. The number of hydrogen-bond acceptors (Lipinski definition) is 6. The third kappa shape index (κ3) is 5.24. The molecule has 0 aliphatic carbocycles. The SMILES string of the molecule is O=S(=O)(O)N(CS(=O)(=O)C(F)(F)F)CS(=O)(=O)C(F)(F)F. The second-order valence-electron chi connectivity index (χ2n) is 3.31. The van der Waals surface area contributed by atoms with Crippen LogP contribution in [0.2, 0.25) is 0 Å². The molecule has 1 N–H and O–H groups in total. The molecule has 0 aromatic heterocycles. The van der Waals surface area contributed by atoms with E-state index in [0.717, 1.165) is 0 Å². The molecule has 0 spiro atoms. The van der Waals surface area contributed by atoms with E-state index in [1.165, 1.54) is 0 Å². The van der Waals surface area contributed by atoms with Crippen LogP contribution in [0.25, 0.3) is 0 Å². The van der Waals surface area contributed by atoms with Gasteiger partial charge in [-0.05, 0) is 0 Å². The van der Waals surface area contributed by atoms with Gasteiger partial charge in [-0.1, -0.05) is 0 Å². The Balaban J connectivity index is 5.72. The van der Waals surface area contributed by atoms with Crippen LogP contribution in [0.5, 0.6) is 0 Å². The molecule has 0 fully saturated rings. The molecule has 8 nitrogen and oxygen atoms in total. The summed E-state index contributed by atoms with van der Waals surface area (Å²) in [6.07, 6.45) is 0. The summed E-state index contributed by atoms with van der Waals surface area (Å²) in [7, 11) is -18.7. The fraction of sp³-hybridized carbons (Fsp3) is 1.00. The van der Waals surface area contributed by atoms with Crippen LogP contribution in [0.3, 0.4) is 0 Å². The minimum Gasteiger partial charge on any atom is -0.273 e. The van der Waals surface area contributed by atoms with E-state index in [0.29, 0.717) is 0 Å². The Morgan fingerprint density at radius 1 is 0.714 bits per heavy atom. The summed E-state index contributed by atoms with van der Waals surface area (Å²) >= 11 is 0. The molecule has 0 aromatic carbocycles. The molecule has 0 atom stereocenters. The topological polar surface area (TPSA) is 126 Å². The largest absolute Gasteiger partial charge is 0.498 e. The van der Waals surface area contributed by atoms with Crippen molar-refractivity contribution in [3.05, 3.63) is 0 Å². The molecule has 0 bridgehead atoms. The van der Waals surface area contributed by atoms with Crippen LogP contribution >= 0.6 is 0 Å². The van der Waals surface area contributed by atoms with Gasteiger partial charge in [0.1, 0.15) is 11.8 Å². The third-order valence-corrected chi connectivity index (χ3v) is 5.61. The molecule has 0 rings (SSSR count). The smallest absolute Gasteiger partial charge is 0.273 e. The van der Waals surface area contributed by atoms with Crippen molar-refractivity contribution in [1.29, 1.82) is 0 Å². The Labute approximate surface area is 114 Å². The zero-order chi connectivity index (χ0) is 17.5. The summed E-state index contributed by atoms with van der Waals surface area (Å²) in [4.78, 5) is 0. The first-order valence-corrected chi connectivity index (χ1v) is 8.82. The predicted octanol–water partition coefficient (Wildman–Crippen LogP) is -0.125. The maximum absolute atomic E-state index is 12.0. The van der Waals surface area contributed by atoms with Gasteiger partial charge < -0.3 is 0 Å². The summed E-state index contributed by atoms with van der Waals surface area (Å²) in [5.74, 6) is -5.46. The van der Waals surface area contributed by atoms with Crippen molar-refractivity contribution in [2.75, 3.05) is 11.8 Å². The summed E-state index contributed by atoms with van der Waals surface area (Å²) in [6, 6.07) is 0. The molecule has 0 amide bonds. The van der Waals surface area contributed by atoms with Gasteiger partial charge in [0.2, 0.25) is 0 Å². The van der Waals surface area contributed by atoms with E-state index in [4.69, 9.17) is 4.55 Å². The van der Waals surface area contributed by atoms with Gasteiger partial charge in [0, 0.05) is 0 Å². The van der Waals surface area contributed by atoms with Crippen LogP contribution in [0.4, 0.5) is 26.3 Å². The quantitative estimate of drug-likeness (QED) is 0.513. The number of alkyl halides is 6. The molecular formula is C4H5F6NO7S3. The van der Waals surface area contributed by atoms with Crippen LogP contribution in [-0.4, -0.2) is 56.9 Å². The van der Waals surface area contributed by atoms with Crippen LogP contribution in [0, 0.1) is 0 Å². The zero-order valence-electron chi connectivity index (χ0n) is 9.25. The average Bonchev–Trinajstić information content (AvgIpc) is 2.10. The first kappa shape index (κ1) is 20.3. The van der Waals surface area contributed by atoms with E-state index < -0.39 is 57.1 Å². The number of rotatable bonds is 5. The van der Waals surface area contributed by atoms with Gasteiger partial charge >= 0.3 is 21.3 Å². The van der Waals surface area contributed by atoms with E-state index in [1.54, 1.807) is 0 Å². The van der Waals surface area contributed by atoms with Gasteiger partial charge in [0.15, 0.2) is 0 Å². The van der Waals surface area contributed by atoms with E-state index >= 15 is 0 Å². The second-order valence-corrected chi connectivity index (χ2v) is 8.62. The van der Waals surface area contributed by atoms with Crippen molar-refractivity contribution in [3.8, 4) is 0 Å². The lowest BCUT2D eigenvalue weighted by Gasteiger charge is -2.19. The highest BCUT2D eigenvalue weighted by molar-refractivity contribution is 7.94. The summed E-state index contributed by atoms with van der Waals surface area (Å²) in [5, 5.41) is 0. The van der Waals surface area contributed by atoms with Crippen molar-refractivity contribution in [1.82, 2.24) is 4.31 Å². The molecule has 17 heteroatoms. The van der Waals surface area contributed by atoms with Gasteiger partial charge in [-0.2, -0.15) is 34.8 Å². The van der Waals surface area contributed by atoms with E-state index in [-0.39, 0.29) is 0 Å². The molecular weight excluding hydrogens is 384 g/mol. The van der Waals surface area contributed by atoms with Crippen molar-refractivity contribution >= 4 is 30.0 Å². The lowest BCUT2D eigenvalue weighted by Crippen LogP contribution is -2.45. The van der Waals surface area contributed by atoms with E-state index in [9.17, 15) is 51.6 Å². The van der Waals surface area contributed by atoms with Crippen LogP contribution in [-0.2, 0) is 30.0 Å². The number of hydrogen-bond donors (Lipinski definition) is 1. The van der Waals surface area contributed by atoms with Gasteiger partial charge in [-0.15, -0.1) is 4.31 Å². The number of sulfone groups is 2. The zero-order valence-corrected chi connectivity index (χ0v) is 11.7. The fourth-order valence-corrected chi connectivity index (χ4v) is 3.94. The van der Waals surface area contributed by atoms with Gasteiger partial charge in [-0.25, -0.2) is 16.8 Å². The third-order valence-electron chi connectivity index (χ3n) is 1.66. The maximum atomic E-state index is 12.0. The lowest BCUT2D eigenvalue weighted by atomic mass is 11.2. The van der Waals surface area contributed by atoms with Crippen molar-refractivity contribution < 1.29 is 56.1 Å². The van der Waals surface area contributed by atoms with E-state index in [1.807, 2.05) is 0 Å². The molecule has 0 radical (unpaired) electrons. The Morgan fingerprint density at radius 3 is 1.10 bits per heavy atom. The highest BCUT2D eigenvalue weighted by Crippen LogP contribution is 2.28. The predicted molar refractivity (Wildman–Crippen MR) is 53.1 cm³/mol. The minimum atomic E-state index is -6.34. The van der Waals surface area contributed by atoms with Crippen molar-refractivity contribution in [2.24, 2.45) is 0 Å². The Kier molecular flexibility index (Phi) is 5.35. The van der Waals surface area contributed by atoms with Gasteiger partial charge in [-0.3, -0.25) is 4.55 Å². The standard InChI is InChI=1S/C4H5F6NO7S3/c5-3(6,7)19(12,13)1-11(21(16,17)18)2-20(14,15)4(8,9)10/h1-2H2,(H,16,17,18). The Morgan fingerprint density at radius 2 is 0.952 bits per heavy atom. The molecule has 128 valence electrons. The second kappa shape index (κ2) is 5.52. The summed E-state index contributed by atoms with van der Waals surface area (Å²) in [5.41, 5.74) is -12.1. The first-order chi connectivity index (χ1) is 8.81. The van der Waals surface area contributed by atoms with Crippen LogP contribution in [0.15, 0.2) is 0 Å². The molecule has 0 saturated carbocycles. The van der Waals surface area contributed by atoms with Gasteiger partial charge in [0.25, 0.3) is 19.7 Å². The van der Waals surface area contributed by atoms with Crippen LogP contribution in [0.1, 0.15) is 0 Å². The molecule has 21 heavy (non-hydrogen) atoms. The van der Waals surface area contributed by atoms with Crippen LogP contribution < -0.4 is 0 Å².